The minimum Gasteiger partial charge on any atom is -0.474 e. The zero-order chi connectivity index (χ0) is 27.9. The van der Waals surface area contributed by atoms with Gasteiger partial charge in [0.05, 0.1) is 36.6 Å². The number of aliphatic hydroxyl groups is 1. The van der Waals surface area contributed by atoms with Crippen molar-refractivity contribution in [2.75, 3.05) is 18.5 Å². The Labute approximate surface area is 232 Å². The molecule has 40 heavy (non-hydrogen) atoms. The Bertz CT molecular complexity index is 1280. The van der Waals surface area contributed by atoms with Gasteiger partial charge in [0, 0.05) is 29.9 Å². The molecule has 4 aliphatic carbocycles. The fourth-order valence-corrected chi connectivity index (χ4v) is 8.68. The van der Waals surface area contributed by atoms with Crippen molar-refractivity contribution in [2.24, 2.45) is 28.6 Å². The molecular weight excluding hydrogens is 521 g/mol. The first kappa shape index (κ1) is 26.7. The number of nitrogens with one attached hydrogen (secondary N) is 1. The normalized spacial score (nSPS) is 38.0. The minimum atomic E-state index is -4.27. The van der Waals surface area contributed by atoms with Crippen LogP contribution in [0.25, 0.3) is 10.9 Å². The summed E-state index contributed by atoms with van der Waals surface area (Å²) >= 11 is 0. The van der Waals surface area contributed by atoms with Crippen molar-refractivity contribution in [3.63, 3.8) is 0 Å². The number of alkyl halides is 3. The number of pyridine rings is 1. The Morgan fingerprint density at radius 2 is 1.82 bits per heavy atom. The van der Waals surface area contributed by atoms with Gasteiger partial charge in [-0.1, -0.05) is 6.92 Å². The highest BCUT2D eigenvalue weighted by Gasteiger charge is 2.77. The topological polar surface area (TPSA) is 89.4 Å². The number of ether oxygens (including phenoxy) is 2. The van der Waals surface area contributed by atoms with Gasteiger partial charge in [0.25, 0.3) is 0 Å². The van der Waals surface area contributed by atoms with Gasteiger partial charge in [0.15, 0.2) is 0 Å². The molecule has 5 fully saturated rings. The van der Waals surface area contributed by atoms with Crippen molar-refractivity contribution >= 4 is 16.9 Å². The summed E-state index contributed by atoms with van der Waals surface area (Å²) in [4.78, 5) is 13.9. The zero-order valence-electron chi connectivity index (χ0n) is 23.2. The number of anilines is 1. The first-order chi connectivity index (χ1) is 19.1. The van der Waals surface area contributed by atoms with E-state index in [9.17, 15) is 18.3 Å². The third kappa shape index (κ3) is 4.53. The molecule has 5 aliphatic rings. The van der Waals surface area contributed by atoms with Crippen LogP contribution in [0.3, 0.4) is 0 Å². The van der Waals surface area contributed by atoms with Crippen LogP contribution >= 0.6 is 0 Å². The Morgan fingerprint density at radius 1 is 1.07 bits per heavy atom. The van der Waals surface area contributed by atoms with Gasteiger partial charge in [-0.15, -0.1) is 0 Å². The fourth-order valence-electron chi connectivity index (χ4n) is 8.68. The number of hydrogen-bond acceptors (Lipinski definition) is 7. The number of aliphatic hydroxyl groups excluding tert-OH is 1. The Kier molecular flexibility index (Phi) is 6.28. The summed E-state index contributed by atoms with van der Waals surface area (Å²) in [6, 6.07) is -0.859. The van der Waals surface area contributed by atoms with E-state index in [2.05, 4.69) is 17.2 Å². The molecular formula is C30H39F3N4O3. The highest BCUT2D eigenvalue weighted by Crippen LogP contribution is 2.82. The molecule has 0 spiro atoms. The van der Waals surface area contributed by atoms with E-state index in [4.69, 9.17) is 19.4 Å². The summed E-state index contributed by atoms with van der Waals surface area (Å²) < 4.78 is 51.1. The van der Waals surface area contributed by atoms with Crippen molar-refractivity contribution in [3.8, 4) is 5.88 Å². The molecule has 2 N–H and O–H groups in total. The predicted octanol–water partition coefficient (Wildman–Crippen LogP) is 6.02. The average molecular weight is 561 g/mol. The Hall–Kier alpha value is -2.20. The summed E-state index contributed by atoms with van der Waals surface area (Å²) in [5.41, 5.74) is 2.44. The van der Waals surface area contributed by atoms with Gasteiger partial charge in [0.1, 0.15) is 6.10 Å². The van der Waals surface area contributed by atoms with Crippen LogP contribution in [0, 0.1) is 28.6 Å². The fraction of sp³-hybridized carbons (Fsp3) is 0.767. The van der Waals surface area contributed by atoms with E-state index in [0.717, 1.165) is 44.5 Å². The lowest BCUT2D eigenvalue weighted by Crippen LogP contribution is -2.41. The van der Waals surface area contributed by atoms with E-state index < -0.39 is 18.6 Å². The number of rotatable bonds is 7. The molecule has 2 aromatic rings. The van der Waals surface area contributed by atoms with Gasteiger partial charge in [0.2, 0.25) is 11.8 Å². The molecule has 1 aliphatic heterocycles. The largest absolute Gasteiger partial charge is 0.474 e. The summed E-state index contributed by atoms with van der Waals surface area (Å²) in [5, 5.41) is 13.6. The molecule has 0 aromatic carbocycles. The van der Waals surface area contributed by atoms with Crippen LogP contribution in [0.4, 0.5) is 19.1 Å². The van der Waals surface area contributed by atoms with Crippen molar-refractivity contribution in [1.29, 1.82) is 0 Å². The number of aromatic nitrogens is 3. The molecule has 1 saturated heterocycles. The predicted molar refractivity (Wildman–Crippen MR) is 143 cm³/mol. The van der Waals surface area contributed by atoms with Crippen LogP contribution in [0.15, 0.2) is 12.4 Å². The Morgan fingerprint density at radius 3 is 2.52 bits per heavy atom. The number of halogens is 3. The molecule has 4 saturated carbocycles. The first-order valence-electron chi connectivity index (χ1n) is 15.0. The summed E-state index contributed by atoms with van der Waals surface area (Å²) in [7, 11) is 0. The van der Waals surface area contributed by atoms with E-state index in [1.54, 1.807) is 6.20 Å². The van der Waals surface area contributed by atoms with Crippen molar-refractivity contribution < 1.29 is 27.8 Å². The lowest BCUT2D eigenvalue weighted by molar-refractivity contribution is -0.136. The van der Waals surface area contributed by atoms with Crippen molar-refractivity contribution in [2.45, 2.75) is 102 Å². The maximum absolute atomic E-state index is 12.9. The summed E-state index contributed by atoms with van der Waals surface area (Å²) in [5.74, 6) is 2.85. The number of fused-ring (bicyclic) bond motifs is 4. The average Bonchev–Trinajstić information content (AvgIpc) is 3.73. The van der Waals surface area contributed by atoms with Gasteiger partial charge >= 0.3 is 6.18 Å². The SMILES string of the molecule is C[C@@H](CC(F)(F)F)Nc1ncc2c(O[C@@H]3CC4CC4(C4COC4)C4(C)C[C@H]4C3)ncc(C3CCC(O)CC3)c2n1. The highest BCUT2D eigenvalue weighted by atomic mass is 19.4. The summed E-state index contributed by atoms with van der Waals surface area (Å²) in [6.07, 6.45) is 5.62. The number of hydrogen-bond donors (Lipinski definition) is 2. The lowest BCUT2D eigenvalue weighted by atomic mass is 9.72. The molecule has 10 heteroatoms. The third-order valence-corrected chi connectivity index (χ3v) is 11.0. The zero-order valence-corrected chi connectivity index (χ0v) is 23.2. The van der Waals surface area contributed by atoms with Gasteiger partial charge in [-0.25, -0.2) is 15.0 Å². The lowest BCUT2D eigenvalue weighted by Gasteiger charge is -2.39. The summed E-state index contributed by atoms with van der Waals surface area (Å²) in [6.45, 7) is 5.75. The van der Waals surface area contributed by atoms with Gasteiger partial charge in [-0.2, -0.15) is 13.2 Å². The van der Waals surface area contributed by atoms with Crippen LogP contribution in [0.1, 0.15) is 83.1 Å². The van der Waals surface area contributed by atoms with Gasteiger partial charge in [-0.3, -0.25) is 0 Å². The molecule has 218 valence electrons. The molecule has 7 rings (SSSR count). The van der Waals surface area contributed by atoms with E-state index in [1.807, 2.05) is 6.20 Å². The monoisotopic (exact) mass is 560 g/mol. The van der Waals surface area contributed by atoms with E-state index in [0.29, 0.717) is 58.2 Å². The second kappa shape index (κ2) is 9.41. The molecule has 6 atom stereocenters. The maximum Gasteiger partial charge on any atom is 0.391 e. The van der Waals surface area contributed by atoms with Gasteiger partial charge in [-0.05, 0) is 86.9 Å². The third-order valence-electron chi connectivity index (χ3n) is 11.0. The Balaban J connectivity index is 1.17. The van der Waals surface area contributed by atoms with Crippen LogP contribution in [0.5, 0.6) is 5.88 Å². The van der Waals surface area contributed by atoms with Crippen molar-refractivity contribution in [1.82, 2.24) is 15.0 Å². The number of nitrogens with zero attached hydrogens (tertiary/aromatic N) is 3. The van der Waals surface area contributed by atoms with E-state index in [1.165, 1.54) is 19.8 Å². The van der Waals surface area contributed by atoms with Crippen LogP contribution in [0.2, 0.25) is 0 Å². The molecule has 3 heterocycles. The molecule has 3 unspecified atom stereocenters. The van der Waals surface area contributed by atoms with Crippen LogP contribution in [-0.4, -0.2) is 57.7 Å². The molecule has 0 bridgehead atoms. The smallest absolute Gasteiger partial charge is 0.391 e. The molecule has 0 radical (unpaired) electrons. The van der Waals surface area contributed by atoms with Gasteiger partial charge < -0.3 is 19.9 Å². The standard InChI is InChI=1S/C30H39F3N4O3/c1-16(9-30(31,32)33)36-27-35-13-24-25(37-27)23(17-3-5-21(38)6-4-17)12-34-26(24)40-22-7-18-10-28(18,2)29(11-19(29)8-22)20-14-39-15-20/h12-13,16-22,38H,3-11,14-15H2,1-2H3,(H,35,36,37)/t16-,17?,18+,19?,21?,22-,28?,29?/m0/s1. The quantitative estimate of drug-likeness (QED) is 0.428. The van der Waals surface area contributed by atoms with E-state index in [-0.39, 0.29) is 24.1 Å². The minimum absolute atomic E-state index is 0.0678. The molecule has 0 amide bonds. The molecule has 7 nitrogen and oxygen atoms in total. The van der Waals surface area contributed by atoms with E-state index >= 15 is 0 Å². The van der Waals surface area contributed by atoms with Crippen molar-refractivity contribution in [3.05, 3.63) is 18.0 Å². The second-order valence-electron chi connectivity index (χ2n) is 13.6. The highest BCUT2D eigenvalue weighted by molar-refractivity contribution is 5.86. The van der Waals surface area contributed by atoms with Crippen LogP contribution in [-0.2, 0) is 4.74 Å². The van der Waals surface area contributed by atoms with Crippen LogP contribution < -0.4 is 10.1 Å². The maximum atomic E-state index is 12.9. The first-order valence-corrected chi connectivity index (χ1v) is 15.0. The molecule has 2 aromatic heterocycles. The second-order valence-corrected chi connectivity index (χ2v) is 13.6.